The minimum Gasteiger partial charge on any atom is -0.493 e. The summed E-state index contributed by atoms with van der Waals surface area (Å²) in [5.41, 5.74) is 1.33. The zero-order valence-electron chi connectivity index (χ0n) is 13.4. The van der Waals surface area contributed by atoms with Crippen LogP contribution in [0.2, 0.25) is 0 Å². The van der Waals surface area contributed by atoms with Crippen molar-refractivity contribution in [2.75, 3.05) is 13.7 Å². The number of allylic oxidation sites excluding steroid dienone is 1. The maximum atomic E-state index is 12.3. The van der Waals surface area contributed by atoms with Crippen LogP contribution in [0, 0.1) is 0 Å². The largest absolute Gasteiger partial charge is 0.493 e. The molecule has 0 bridgehead atoms. The number of nitrogens with one attached hydrogen (secondary N) is 1. The van der Waals surface area contributed by atoms with E-state index in [2.05, 4.69) is 11.4 Å². The van der Waals surface area contributed by atoms with Gasteiger partial charge >= 0.3 is 0 Å². The van der Waals surface area contributed by atoms with Crippen LogP contribution in [0.25, 0.3) is 0 Å². The van der Waals surface area contributed by atoms with Gasteiger partial charge < -0.3 is 14.8 Å². The van der Waals surface area contributed by atoms with Gasteiger partial charge in [-0.25, -0.2) is 0 Å². The van der Waals surface area contributed by atoms with Crippen LogP contribution in [-0.2, 0) is 4.79 Å². The lowest BCUT2D eigenvalue weighted by Crippen LogP contribution is -2.39. The second-order valence-corrected chi connectivity index (χ2v) is 5.49. The van der Waals surface area contributed by atoms with Crippen molar-refractivity contribution in [2.24, 2.45) is 0 Å². The van der Waals surface area contributed by atoms with Gasteiger partial charge in [0.25, 0.3) is 5.91 Å². The number of rotatable bonds is 7. The number of carbonyl (C=O) groups excluding carboxylic acids is 1. The minimum absolute atomic E-state index is 0.0696. The molecule has 0 fully saturated rings. The van der Waals surface area contributed by atoms with E-state index < -0.39 is 6.10 Å². The van der Waals surface area contributed by atoms with Crippen LogP contribution < -0.4 is 14.8 Å². The van der Waals surface area contributed by atoms with Crippen molar-refractivity contribution in [2.45, 2.75) is 45.1 Å². The summed E-state index contributed by atoms with van der Waals surface area (Å²) in [6.45, 7) is 2.57. The highest BCUT2D eigenvalue weighted by Crippen LogP contribution is 2.27. The maximum absolute atomic E-state index is 12.3. The SMILES string of the molecule is CC[C@@H](Oc1ccccc1OC)C(=O)NCC1=CCCCC1. The monoisotopic (exact) mass is 303 g/mol. The lowest BCUT2D eigenvalue weighted by molar-refractivity contribution is -0.127. The summed E-state index contributed by atoms with van der Waals surface area (Å²) < 4.78 is 11.1. The van der Waals surface area contributed by atoms with Gasteiger partial charge in [0.15, 0.2) is 17.6 Å². The molecular weight excluding hydrogens is 278 g/mol. The molecule has 0 spiro atoms. The number of hydrogen-bond donors (Lipinski definition) is 1. The zero-order valence-corrected chi connectivity index (χ0v) is 13.4. The second kappa shape index (κ2) is 8.47. The average molecular weight is 303 g/mol. The molecule has 4 nitrogen and oxygen atoms in total. The quantitative estimate of drug-likeness (QED) is 0.785. The number of carbonyl (C=O) groups is 1. The molecular formula is C18H25NO3. The summed E-state index contributed by atoms with van der Waals surface area (Å²) >= 11 is 0. The Bertz CT molecular complexity index is 525. The van der Waals surface area contributed by atoms with E-state index in [4.69, 9.17) is 9.47 Å². The van der Waals surface area contributed by atoms with Gasteiger partial charge in [-0.3, -0.25) is 4.79 Å². The number of amides is 1. The van der Waals surface area contributed by atoms with Gasteiger partial charge in [0, 0.05) is 6.54 Å². The van der Waals surface area contributed by atoms with Crippen molar-refractivity contribution in [1.82, 2.24) is 5.32 Å². The van der Waals surface area contributed by atoms with Gasteiger partial charge in [0.2, 0.25) is 0 Å². The highest BCUT2D eigenvalue weighted by molar-refractivity contribution is 5.81. The third-order valence-electron chi connectivity index (χ3n) is 3.88. The molecule has 0 unspecified atom stereocenters. The van der Waals surface area contributed by atoms with Crippen molar-refractivity contribution in [3.05, 3.63) is 35.9 Å². The van der Waals surface area contributed by atoms with Crippen LogP contribution in [0.4, 0.5) is 0 Å². The Kier molecular flexibility index (Phi) is 6.31. The highest BCUT2D eigenvalue weighted by atomic mass is 16.5. The Morgan fingerprint density at radius 2 is 2.05 bits per heavy atom. The Morgan fingerprint density at radius 1 is 1.27 bits per heavy atom. The Balaban J connectivity index is 1.92. The first-order valence-electron chi connectivity index (χ1n) is 8.00. The van der Waals surface area contributed by atoms with Crippen molar-refractivity contribution in [3.63, 3.8) is 0 Å². The van der Waals surface area contributed by atoms with Crippen LogP contribution in [0.15, 0.2) is 35.9 Å². The van der Waals surface area contributed by atoms with Crippen molar-refractivity contribution >= 4 is 5.91 Å². The van der Waals surface area contributed by atoms with Gasteiger partial charge in [-0.2, -0.15) is 0 Å². The molecule has 1 aromatic rings. The first-order chi connectivity index (χ1) is 10.7. The summed E-state index contributed by atoms with van der Waals surface area (Å²) in [6, 6.07) is 7.39. The van der Waals surface area contributed by atoms with Crippen LogP contribution in [-0.4, -0.2) is 25.7 Å². The average Bonchev–Trinajstić information content (AvgIpc) is 2.58. The fourth-order valence-electron chi connectivity index (χ4n) is 2.57. The first-order valence-corrected chi connectivity index (χ1v) is 8.00. The predicted molar refractivity (Wildman–Crippen MR) is 87.3 cm³/mol. The van der Waals surface area contributed by atoms with E-state index in [1.165, 1.54) is 18.4 Å². The topological polar surface area (TPSA) is 47.6 Å². The molecule has 1 aromatic carbocycles. The Hall–Kier alpha value is -1.97. The summed E-state index contributed by atoms with van der Waals surface area (Å²) in [5, 5.41) is 2.99. The van der Waals surface area contributed by atoms with Gasteiger partial charge in [-0.05, 0) is 44.2 Å². The fourth-order valence-corrected chi connectivity index (χ4v) is 2.57. The molecule has 120 valence electrons. The predicted octanol–water partition coefficient (Wildman–Crippen LogP) is 3.47. The second-order valence-electron chi connectivity index (χ2n) is 5.49. The molecule has 4 heteroatoms. The first kappa shape index (κ1) is 16.4. The number of methoxy groups -OCH3 is 1. The zero-order chi connectivity index (χ0) is 15.8. The highest BCUT2D eigenvalue weighted by Gasteiger charge is 2.20. The molecule has 1 aliphatic rings. The fraction of sp³-hybridized carbons (Fsp3) is 0.500. The van der Waals surface area contributed by atoms with E-state index in [0.717, 1.165) is 12.8 Å². The van der Waals surface area contributed by atoms with E-state index in [1.54, 1.807) is 7.11 Å². The number of benzene rings is 1. The molecule has 2 rings (SSSR count). The molecule has 1 aliphatic carbocycles. The number of ether oxygens (including phenoxy) is 2. The van der Waals surface area contributed by atoms with Crippen molar-refractivity contribution in [3.8, 4) is 11.5 Å². The van der Waals surface area contributed by atoms with Crippen molar-refractivity contribution < 1.29 is 14.3 Å². The van der Waals surface area contributed by atoms with Gasteiger partial charge in [-0.15, -0.1) is 0 Å². The lowest BCUT2D eigenvalue weighted by atomic mass is 9.99. The molecule has 0 radical (unpaired) electrons. The molecule has 1 amide bonds. The molecule has 0 heterocycles. The van der Waals surface area contributed by atoms with Crippen LogP contribution >= 0.6 is 0 Å². The smallest absolute Gasteiger partial charge is 0.261 e. The van der Waals surface area contributed by atoms with Gasteiger partial charge in [0.05, 0.1) is 7.11 Å². The van der Waals surface area contributed by atoms with E-state index in [9.17, 15) is 4.79 Å². The third kappa shape index (κ3) is 4.52. The third-order valence-corrected chi connectivity index (χ3v) is 3.88. The number of para-hydroxylation sites is 2. The Labute approximate surface area is 132 Å². The standard InChI is InChI=1S/C18H25NO3/c1-3-15(22-17-12-8-7-11-16(17)21-2)18(20)19-13-14-9-5-4-6-10-14/h7-9,11-12,15H,3-6,10,13H2,1-2H3,(H,19,20)/t15-/m1/s1. The summed E-state index contributed by atoms with van der Waals surface area (Å²) in [5.74, 6) is 1.17. The lowest BCUT2D eigenvalue weighted by Gasteiger charge is -2.20. The minimum atomic E-state index is -0.500. The van der Waals surface area contributed by atoms with Gasteiger partial charge in [-0.1, -0.05) is 30.7 Å². The van der Waals surface area contributed by atoms with E-state index in [0.29, 0.717) is 24.5 Å². The molecule has 1 atom stereocenters. The van der Waals surface area contributed by atoms with Gasteiger partial charge in [0.1, 0.15) is 0 Å². The molecule has 0 aliphatic heterocycles. The van der Waals surface area contributed by atoms with E-state index in [1.807, 2.05) is 31.2 Å². The van der Waals surface area contributed by atoms with E-state index >= 15 is 0 Å². The normalized spacial score (nSPS) is 15.6. The molecule has 1 N–H and O–H groups in total. The summed E-state index contributed by atoms with van der Waals surface area (Å²) in [4.78, 5) is 12.3. The van der Waals surface area contributed by atoms with Crippen LogP contribution in [0.5, 0.6) is 11.5 Å². The molecule has 0 saturated heterocycles. The maximum Gasteiger partial charge on any atom is 0.261 e. The van der Waals surface area contributed by atoms with Crippen LogP contribution in [0.1, 0.15) is 39.0 Å². The summed E-state index contributed by atoms with van der Waals surface area (Å²) in [7, 11) is 1.60. The molecule has 0 saturated carbocycles. The van der Waals surface area contributed by atoms with E-state index in [-0.39, 0.29) is 5.91 Å². The summed E-state index contributed by atoms with van der Waals surface area (Å²) in [6.07, 6.45) is 7.04. The Morgan fingerprint density at radius 3 is 2.68 bits per heavy atom. The van der Waals surface area contributed by atoms with Crippen LogP contribution in [0.3, 0.4) is 0 Å². The number of hydrogen-bond acceptors (Lipinski definition) is 3. The molecule has 22 heavy (non-hydrogen) atoms. The van der Waals surface area contributed by atoms with Crippen molar-refractivity contribution in [1.29, 1.82) is 0 Å². The molecule has 0 aromatic heterocycles.